The molecule has 3 N–H and O–H groups in total. The molecule has 0 saturated heterocycles. The third-order valence-electron chi connectivity index (χ3n) is 5.59. The van der Waals surface area contributed by atoms with Crippen LogP contribution in [0, 0.1) is 18.8 Å². The second kappa shape index (κ2) is 12.0. The molecule has 0 spiro atoms. The van der Waals surface area contributed by atoms with E-state index in [9.17, 15) is 14.7 Å². The Morgan fingerprint density at radius 3 is 2.11 bits per heavy atom. The van der Waals surface area contributed by atoms with E-state index in [1.165, 1.54) is 6.07 Å². The SMILES string of the molecule is Cc1ccc(NC(=O)Nc2cc(-c3ccc(Cl)cc3C(=O)O)ccc2N(CC(C)C)CC(C)C)cc1. The van der Waals surface area contributed by atoms with Crippen LogP contribution >= 0.6 is 11.6 Å². The highest BCUT2D eigenvalue weighted by molar-refractivity contribution is 6.31. The number of anilines is 3. The molecule has 0 aliphatic carbocycles. The maximum absolute atomic E-state index is 13.0. The fourth-order valence-corrected chi connectivity index (χ4v) is 4.27. The van der Waals surface area contributed by atoms with Crippen LogP contribution in [0.25, 0.3) is 11.1 Å². The first-order chi connectivity index (χ1) is 17.0. The van der Waals surface area contributed by atoms with Gasteiger partial charge in [0.25, 0.3) is 0 Å². The summed E-state index contributed by atoms with van der Waals surface area (Å²) in [5.74, 6) is -0.246. The lowest BCUT2D eigenvalue weighted by Gasteiger charge is -2.31. The lowest BCUT2D eigenvalue weighted by atomic mass is 9.98. The number of carbonyl (C=O) groups excluding carboxylic acids is 1. The van der Waals surface area contributed by atoms with E-state index in [0.717, 1.165) is 24.3 Å². The normalized spacial score (nSPS) is 11.0. The number of hydrogen-bond donors (Lipinski definition) is 3. The molecule has 0 bridgehead atoms. The fourth-order valence-electron chi connectivity index (χ4n) is 4.10. The zero-order valence-corrected chi connectivity index (χ0v) is 22.2. The van der Waals surface area contributed by atoms with Crippen LogP contribution < -0.4 is 15.5 Å². The van der Waals surface area contributed by atoms with Gasteiger partial charge in [-0.05, 0) is 66.3 Å². The molecule has 0 fully saturated rings. The highest BCUT2D eigenvalue weighted by Crippen LogP contribution is 2.35. The van der Waals surface area contributed by atoms with Crippen molar-refractivity contribution in [1.29, 1.82) is 0 Å². The van der Waals surface area contributed by atoms with Gasteiger partial charge in [0.2, 0.25) is 0 Å². The third-order valence-corrected chi connectivity index (χ3v) is 5.82. The van der Waals surface area contributed by atoms with Crippen LogP contribution in [0.1, 0.15) is 43.6 Å². The smallest absolute Gasteiger partial charge is 0.336 e. The zero-order chi connectivity index (χ0) is 26.4. The van der Waals surface area contributed by atoms with Gasteiger partial charge < -0.3 is 20.6 Å². The van der Waals surface area contributed by atoms with Crippen LogP contribution in [0.2, 0.25) is 5.02 Å². The number of carboxylic acid groups (broad SMARTS) is 1. The number of nitrogens with one attached hydrogen (secondary N) is 2. The maximum atomic E-state index is 13.0. The maximum Gasteiger partial charge on any atom is 0.336 e. The molecule has 2 amide bonds. The van der Waals surface area contributed by atoms with Crippen molar-refractivity contribution in [3.63, 3.8) is 0 Å². The fraction of sp³-hybridized carbons (Fsp3) is 0.310. The Balaban J connectivity index is 2.05. The quantitative estimate of drug-likeness (QED) is 0.276. The molecule has 0 radical (unpaired) electrons. The van der Waals surface area contributed by atoms with Crippen LogP contribution in [-0.2, 0) is 0 Å². The zero-order valence-electron chi connectivity index (χ0n) is 21.4. The molecule has 0 aliphatic heterocycles. The summed E-state index contributed by atoms with van der Waals surface area (Å²) in [6.07, 6.45) is 0. The van der Waals surface area contributed by atoms with E-state index in [0.29, 0.717) is 39.4 Å². The number of aryl methyl sites for hydroxylation is 1. The van der Waals surface area contributed by atoms with Crippen molar-refractivity contribution in [2.75, 3.05) is 28.6 Å². The topological polar surface area (TPSA) is 81.7 Å². The van der Waals surface area contributed by atoms with Crippen molar-refractivity contribution < 1.29 is 14.7 Å². The Kier molecular flexibility index (Phi) is 8.99. The van der Waals surface area contributed by atoms with E-state index in [1.54, 1.807) is 12.1 Å². The average Bonchev–Trinajstić information content (AvgIpc) is 2.79. The van der Waals surface area contributed by atoms with E-state index in [1.807, 2.05) is 49.4 Å². The summed E-state index contributed by atoms with van der Waals surface area (Å²) < 4.78 is 0. The lowest BCUT2D eigenvalue weighted by molar-refractivity contribution is 0.0697. The average molecular weight is 508 g/mol. The van der Waals surface area contributed by atoms with Gasteiger partial charge in [-0.3, -0.25) is 0 Å². The molecule has 6 nitrogen and oxygen atoms in total. The lowest BCUT2D eigenvalue weighted by Crippen LogP contribution is -2.32. The Morgan fingerprint density at radius 1 is 0.889 bits per heavy atom. The molecule has 3 rings (SSSR count). The molecule has 0 atom stereocenters. The van der Waals surface area contributed by atoms with Crippen molar-refractivity contribution in [1.82, 2.24) is 0 Å². The highest BCUT2D eigenvalue weighted by Gasteiger charge is 2.19. The van der Waals surface area contributed by atoms with E-state index >= 15 is 0 Å². The van der Waals surface area contributed by atoms with E-state index < -0.39 is 5.97 Å². The summed E-state index contributed by atoms with van der Waals surface area (Å²) in [7, 11) is 0. The number of hydrogen-bond acceptors (Lipinski definition) is 3. The van der Waals surface area contributed by atoms with Crippen LogP contribution in [-0.4, -0.2) is 30.2 Å². The number of aromatic carboxylic acids is 1. The molecule has 3 aromatic carbocycles. The molecular weight excluding hydrogens is 474 g/mol. The van der Waals surface area contributed by atoms with Gasteiger partial charge in [-0.2, -0.15) is 0 Å². The number of carbonyl (C=O) groups is 2. The van der Waals surface area contributed by atoms with Crippen molar-refractivity contribution >= 4 is 40.7 Å². The number of rotatable bonds is 9. The first-order valence-corrected chi connectivity index (χ1v) is 12.5. The van der Waals surface area contributed by atoms with Gasteiger partial charge in [-0.1, -0.05) is 69.1 Å². The summed E-state index contributed by atoms with van der Waals surface area (Å²) in [4.78, 5) is 27.2. The van der Waals surface area contributed by atoms with Crippen LogP contribution in [0.4, 0.5) is 21.9 Å². The Bertz CT molecular complexity index is 1210. The molecule has 36 heavy (non-hydrogen) atoms. The molecule has 3 aromatic rings. The predicted octanol–water partition coefficient (Wildman–Crippen LogP) is 7.78. The molecule has 7 heteroatoms. The van der Waals surface area contributed by atoms with Gasteiger partial charge in [0, 0.05) is 23.8 Å². The highest BCUT2D eigenvalue weighted by atomic mass is 35.5. The minimum atomic E-state index is -1.07. The van der Waals surface area contributed by atoms with Crippen molar-refractivity contribution in [2.24, 2.45) is 11.8 Å². The second-order valence-electron chi connectivity index (χ2n) is 9.86. The minimum Gasteiger partial charge on any atom is -0.478 e. The van der Waals surface area contributed by atoms with Gasteiger partial charge >= 0.3 is 12.0 Å². The molecule has 190 valence electrons. The summed E-state index contributed by atoms with van der Waals surface area (Å²) >= 11 is 6.06. The molecule has 0 unspecified atom stereocenters. The van der Waals surface area contributed by atoms with Crippen molar-refractivity contribution in [2.45, 2.75) is 34.6 Å². The number of carboxylic acids is 1. The van der Waals surface area contributed by atoms with Crippen molar-refractivity contribution in [3.05, 3.63) is 76.8 Å². The third kappa shape index (κ3) is 7.25. The van der Waals surface area contributed by atoms with Gasteiger partial charge in [-0.15, -0.1) is 0 Å². The standard InChI is InChI=1S/C29H34ClN3O3/c1-18(2)16-33(17-19(3)4)27-13-8-21(24-12-9-22(30)15-25(24)28(34)35)14-26(27)32-29(36)31-23-10-6-20(5)7-11-23/h6-15,18-19H,16-17H2,1-5H3,(H,34,35)(H2,31,32,36). The number of benzene rings is 3. The van der Waals surface area contributed by atoms with E-state index in [4.69, 9.17) is 11.6 Å². The first-order valence-electron chi connectivity index (χ1n) is 12.1. The summed E-state index contributed by atoms with van der Waals surface area (Å²) in [5.41, 5.74) is 4.57. The van der Waals surface area contributed by atoms with Crippen molar-refractivity contribution in [3.8, 4) is 11.1 Å². The monoisotopic (exact) mass is 507 g/mol. The summed E-state index contributed by atoms with van der Waals surface area (Å²) in [6, 6.07) is 17.7. The van der Waals surface area contributed by atoms with E-state index in [2.05, 4.69) is 43.2 Å². The molecule has 0 aliphatic rings. The Morgan fingerprint density at radius 2 is 1.53 bits per heavy atom. The summed E-state index contributed by atoms with van der Waals surface area (Å²) in [5, 5.41) is 16.0. The molecule has 0 heterocycles. The van der Waals surface area contributed by atoms with Crippen LogP contribution in [0.5, 0.6) is 0 Å². The molecule has 0 saturated carbocycles. The number of amides is 2. The molecule has 0 aromatic heterocycles. The largest absolute Gasteiger partial charge is 0.478 e. The first kappa shape index (κ1) is 27.1. The van der Waals surface area contributed by atoms with E-state index in [-0.39, 0.29) is 11.6 Å². The Labute approximate surface area is 218 Å². The molecular formula is C29H34ClN3O3. The van der Waals surface area contributed by atoms with Gasteiger partial charge in [0.05, 0.1) is 16.9 Å². The number of halogens is 1. The van der Waals surface area contributed by atoms with Crippen LogP contribution in [0.3, 0.4) is 0 Å². The summed E-state index contributed by atoms with van der Waals surface area (Å²) in [6.45, 7) is 12.2. The van der Waals surface area contributed by atoms with Gasteiger partial charge in [0.1, 0.15) is 0 Å². The Hall–Kier alpha value is -3.51. The van der Waals surface area contributed by atoms with Crippen LogP contribution in [0.15, 0.2) is 60.7 Å². The minimum absolute atomic E-state index is 0.103. The predicted molar refractivity (Wildman–Crippen MR) is 150 cm³/mol. The van der Waals surface area contributed by atoms with Gasteiger partial charge in [0.15, 0.2) is 0 Å². The van der Waals surface area contributed by atoms with Gasteiger partial charge in [-0.25, -0.2) is 9.59 Å². The second-order valence-corrected chi connectivity index (χ2v) is 10.3. The number of urea groups is 1. The number of nitrogens with zero attached hydrogens (tertiary/aromatic N) is 1.